The number of nitrogens with one attached hydrogen (secondary N) is 2. The number of nitriles is 1. The van der Waals surface area contributed by atoms with Gasteiger partial charge in [-0.15, -0.1) is 0 Å². The molecule has 0 unspecified atom stereocenters. The molecule has 2 aromatic rings. The first kappa shape index (κ1) is 16.0. The standard InChI is InChI=1S/C16H12FN3O3/c17-13-7-5-11(6-8-13)16(22)20-19-15(21)10-23-14-4-2-1-3-12(14)9-18/h1-8H,10H2,(H,19,21)(H,20,22). The molecular weight excluding hydrogens is 301 g/mol. The number of rotatable bonds is 4. The van der Waals surface area contributed by atoms with E-state index in [0.717, 1.165) is 12.1 Å². The SMILES string of the molecule is N#Cc1ccccc1OCC(=O)NNC(=O)c1ccc(F)cc1. The minimum Gasteiger partial charge on any atom is -0.482 e. The maximum Gasteiger partial charge on any atom is 0.276 e. The molecule has 0 atom stereocenters. The lowest BCUT2D eigenvalue weighted by Crippen LogP contribution is -2.43. The fourth-order valence-corrected chi connectivity index (χ4v) is 1.66. The minimum absolute atomic E-state index is 0.197. The number of para-hydroxylation sites is 1. The van der Waals surface area contributed by atoms with Crippen molar-refractivity contribution in [3.05, 3.63) is 65.5 Å². The van der Waals surface area contributed by atoms with Crippen LogP contribution in [0, 0.1) is 17.1 Å². The van der Waals surface area contributed by atoms with E-state index in [4.69, 9.17) is 10.00 Å². The van der Waals surface area contributed by atoms with Crippen LogP contribution in [0.15, 0.2) is 48.5 Å². The highest BCUT2D eigenvalue weighted by atomic mass is 19.1. The number of amides is 2. The lowest BCUT2D eigenvalue weighted by Gasteiger charge is -2.09. The number of nitrogens with zero attached hydrogens (tertiary/aromatic N) is 1. The van der Waals surface area contributed by atoms with Crippen LogP contribution in [0.5, 0.6) is 5.75 Å². The smallest absolute Gasteiger partial charge is 0.276 e. The van der Waals surface area contributed by atoms with Crippen LogP contribution in [-0.2, 0) is 4.79 Å². The topological polar surface area (TPSA) is 91.2 Å². The van der Waals surface area contributed by atoms with Gasteiger partial charge in [0.25, 0.3) is 11.8 Å². The van der Waals surface area contributed by atoms with Crippen molar-refractivity contribution in [1.82, 2.24) is 10.9 Å². The summed E-state index contributed by atoms with van der Waals surface area (Å²) in [7, 11) is 0. The normalized spacial score (nSPS) is 9.57. The highest BCUT2D eigenvalue weighted by molar-refractivity contribution is 5.95. The molecule has 2 rings (SSSR count). The van der Waals surface area contributed by atoms with Gasteiger partial charge in [0.15, 0.2) is 6.61 Å². The summed E-state index contributed by atoms with van der Waals surface area (Å²) in [4.78, 5) is 23.3. The molecule has 2 amide bonds. The van der Waals surface area contributed by atoms with E-state index in [1.54, 1.807) is 24.3 Å². The molecular formula is C16H12FN3O3. The number of hydrazine groups is 1. The van der Waals surface area contributed by atoms with Crippen LogP contribution in [0.4, 0.5) is 4.39 Å². The van der Waals surface area contributed by atoms with Crippen LogP contribution in [0.2, 0.25) is 0 Å². The average molecular weight is 313 g/mol. The van der Waals surface area contributed by atoms with Crippen LogP contribution in [0.1, 0.15) is 15.9 Å². The predicted octanol–water partition coefficient (Wildman–Crippen LogP) is 1.54. The second-order valence-electron chi connectivity index (χ2n) is 4.41. The number of halogens is 1. The molecule has 0 aliphatic carbocycles. The van der Waals surface area contributed by atoms with Gasteiger partial charge in [-0.05, 0) is 36.4 Å². The lowest BCUT2D eigenvalue weighted by atomic mass is 10.2. The van der Waals surface area contributed by atoms with Gasteiger partial charge in [0.2, 0.25) is 0 Å². The summed E-state index contributed by atoms with van der Waals surface area (Å²) in [5.74, 6) is -1.38. The zero-order valence-corrected chi connectivity index (χ0v) is 11.9. The molecule has 116 valence electrons. The fraction of sp³-hybridized carbons (Fsp3) is 0.0625. The summed E-state index contributed by atoms with van der Waals surface area (Å²) in [6, 6.07) is 13.3. The number of benzene rings is 2. The molecule has 23 heavy (non-hydrogen) atoms. The second kappa shape index (κ2) is 7.56. The van der Waals surface area contributed by atoms with Crippen molar-refractivity contribution < 1.29 is 18.7 Å². The van der Waals surface area contributed by atoms with Crippen LogP contribution < -0.4 is 15.6 Å². The molecule has 2 N–H and O–H groups in total. The molecule has 0 saturated heterocycles. The third-order valence-electron chi connectivity index (χ3n) is 2.79. The van der Waals surface area contributed by atoms with Crippen LogP contribution in [0.3, 0.4) is 0 Å². The Labute approximate surface area is 131 Å². The Morgan fingerprint density at radius 1 is 1.09 bits per heavy atom. The molecule has 0 bridgehead atoms. The number of hydrogen-bond donors (Lipinski definition) is 2. The summed E-state index contributed by atoms with van der Waals surface area (Å²) in [6.07, 6.45) is 0. The molecule has 0 saturated carbocycles. The van der Waals surface area contributed by atoms with E-state index in [1.807, 2.05) is 6.07 Å². The molecule has 0 radical (unpaired) electrons. The highest BCUT2D eigenvalue weighted by Gasteiger charge is 2.09. The molecule has 0 aliphatic rings. The first-order chi connectivity index (χ1) is 11.1. The minimum atomic E-state index is -0.604. The first-order valence-corrected chi connectivity index (χ1v) is 6.57. The summed E-state index contributed by atoms with van der Waals surface area (Å²) >= 11 is 0. The Morgan fingerprint density at radius 3 is 2.48 bits per heavy atom. The summed E-state index contributed by atoms with van der Waals surface area (Å²) in [5, 5.41) is 8.89. The van der Waals surface area contributed by atoms with Crippen molar-refractivity contribution >= 4 is 11.8 Å². The maximum absolute atomic E-state index is 12.7. The van der Waals surface area contributed by atoms with E-state index in [1.165, 1.54) is 12.1 Å². The quantitative estimate of drug-likeness (QED) is 0.838. The van der Waals surface area contributed by atoms with E-state index in [2.05, 4.69) is 10.9 Å². The van der Waals surface area contributed by atoms with Gasteiger partial charge in [-0.1, -0.05) is 12.1 Å². The van der Waals surface area contributed by atoms with E-state index in [-0.39, 0.29) is 17.9 Å². The predicted molar refractivity (Wildman–Crippen MR) is 78.7 cm³/mol. The molecule has 0 heterocycles. The lowest BCUT2D eigenvalue weighted by molar-refractivity contribution is -0.123. The Morgan fingerprint density at radius 2 is 1.78 bits per heavy atom. The van der Waals surface area contributed by atoms with Crippen LogP contribution >= 0.6 is 0 Å². The monoisotopic (exact) mass is 313 g/mol. The highest BCUT2D eigenvalue weighted by Crippen LogP contribution is 2.16. The van der Waals surface area contributed by atoms with Crippen molar-refractivity contribution in [2.45, 2.75) is 0 Å². The van der Waals surface area contributed by atoms with E-state index in [9.17, 15) is 14.0 Å². The number of ether oxygens (including phenoxy) is 1. The van der Waals surface area contributed by atoms with E-state index in [0.29, 0.717) is 5.56 Å². The fourth-order valence-electron chi connectivity index (χ4n) is 1.66. The van der Waals surface area contributed by atoms with Gasteiger partial charge in [0.05, 0.1) is 5.56 Å². The van der Waals surface area contributed by atoms with E-state index >= 15 is 0 Å². The molecule has 0 fully saturated rings. The number of carbonyl (C=O) groups excluding carboxylic acids is 2. The molecule has 2 aromatic carbocycles. The first-order valence-electron chi connectivity index (χ1n) is 6.57. The summed E-state index contributed by atoms with van der Waals surface area (Å²) in [5.41, 5.74) is 4.84. The molecule has 0 aliphatic heterocycles. The number of hydrogen-bond acceptors (Lipinski definition) is 4. The Kier molecular flexibility index (Phi) is 5.25. The maximum atomic E-state index is 12.7. The second-order valence-corrected chi connectivity index (χ2v) is 4.41. The zero-order chi connectivity index (χ0) is 16.7. The van der Waals surface area contributed by atoms with Gasteiger partial charge in [0.1, 0.15) is 17.6 Å². The van der Waals surface area contributed by atoms with Gasteiger partial charge in [-0.2, -0.15) is 5.26 Å². The van der Waals surface area contributed by atoms with Crippen molar-refractivity contribution in [2.24, 2.45) is 0 Å². The summed E-state index contributed by atoms with van der Waals surface area (Å²) in [6.45, 7) is -0.373. The average Bonchev–Trinajstić information content (AvgIpc) is 2.58. The van der Waals surface area contributed by atoms with Gasteiger partial charge in [0, 0.05) is 5.56 Å². The van der Waals surface area contributed by atoms with E-state index < -0.39 is 17.6 Å². The third kappa shape index (κ3) is 4.54. The Balaban J connectivity index is 1.82. The van der Waals surface area contributed by atoms with Gasteiger partial charge in [-0.25, -0.2) is 4.39 Å². The molecule has 0 aromatic heterocycles. The zero-order valence-electron chi connectivity index (χ0n) is 11.9. The number of carbonyl (C=O) groups is 2. The summed E-state index contributed by atoms with van der Waals surface area (Å²) < 4.78 is 18.0. The molecule has 0 spiro atoms. The molecule has 6 nitrogen and oxygen atoms in total. The van der Waals surface area contributed by atoms with Crippen molar-refractivity contribution in [2.75, 3.05) is 6.61 Å². The Bertz CT molecular complexity index is 754. The Hall–Kier alpha value is -3.40. The van der Waals surface area contributed by atoms with Crippen molar-refractivity contribution in [3.8, 4) is 11.8 Å². The largest absolute Gasteiger partial charge is 0.482 e. The molecule has 7 heteroatoms. The van der Waals surface area contributed by atoms with Gasteiger partial charge >= 0.3 is 0 Å². The van der Waals surface area contributed by atoms with Crippen LogP contribution in [0.25, 0.3) is 0 Å². The van der Waals surface area contributed by atoms with Crippen molar-refractivity contribution in [1.29, 1.82) is 5.26 Å². The van der Waals surface area contributed by atoms with Gasteiger partial charge in [-0.3, -0.25) is 20.4 Å². The van der Waals surface area contributed by atoms with Gasteiger partial charge < -0.3 is 4.74 Å². The third-order valence-corrected chi connectivity index (χ3v) is 2.79. The van der Waals surface area contributed by atoms with Crippen LogP contribution in [-0.4, -0.2) is 18.4 Å². The van der Waals surface area contributed by atoms with Crippen molar-refractivity contribution in [3.63, 3.8) is 0 Å².